The molecule has 1 aromatic heterocycles. The minimum absolute atomic E-state index is 0.0223. The molecule has 5 heteroatoms. The number of carbonyl (C=O) groups excluding carboxylic acids is 1. The van der Waals surface area contributed by atoms with E-state index in [0.717, 1.165) is 0 Å². The van der Waals surface area contributed by atoms with E-state index in [1.54, 1.807) is 36.4 Å². The van der Waals surface area contributed by atoms with Gasteiger partial charge in [-0.05, 0) is 30.3 Å². The number of para-hydroxylation sites is 1. The Balaban J connectivity index is 2.16. The Morgan fingerprint density at radius 1 is 1.23 bits per heavy atom. The van der Waals surface area contributed by atoms with Gasteiger partial charge in [-0.1, -0.05) is 18.2 Å². The predicted octanol–water partition coefficient (Wildman–Crippen LogP) is 3.90. The molecule has 0 spiro atoms. The average Bonchev–Trinajstić information content (AvgIpc) is 2.78. The van der Waals surface area contributed by atoms with Gasteiger partial charge in [-0.25, -0.2) is 4.39 Å². The number of halogens is 1. The lowest BCUT2D eigenvalue weighted by Gasteiger charge is -2.02. The summed E-state index contributed by atoms with van der Waals surface area (Å²) < 4.78 is 14.5. The molecule has 0 amide bonds. The number of aliphatic imine (C=N–C) groups is 1. The van der Waals surface area contributed by atoms with E-state index in [4.69, 9.17) is 0 Å². The molecule has 2 aromatic carbocycles. The first kappa shape index (κ1) is 14.0. The van der Waals surface area contributed by atoms with E-state index in [-0.39, 0.29) is 17.4 Å². The van der Waals surface area contributed by atoms with Crippen molar-refractivity contribution in [2.24, 2.45) is 4.99 Å². The summed E-state index contributed by atoms with van der Waals surface area (Å²) in [4.78, 5) is 16.0. The number of hydrogen-bond acceptors (Lipinski definition) is 3. The molecule has 0 atom stereocenters. The number of benzene rings is 2. The summed E-state index contributed by atoms with van der Waals surface area (Å²) in [6, 6.07) is 12.8. The Morgan fingerprint density at radius 2 is 2.00 bits per heavy atom. The van der Waals surface area contributed by atoms with Crippen LogP contribution in [0.3, 0.4) is 0 Å². The maximum atomic E-state index is 13.2. The van der Waals surface area contributed by atoms with E-state index in [1.165, 1.54) is 29.8 Å². The van der Waals surface area contributed by atoms with E-state index in [1.807, 2.05) is 0 Å². The van der Waals surface area contributed by atoms with Crippen LogP contribution in [0, 0.1) is 5.82 Å². The zero-order valence-corrected chi connectivity index (χ0v) is 11.8. The van der Waals surface area contributed by atoms with Gasteiger partial charge in [-0.2, -0.15) is 0 Å². The highest BCUT2D eigenvalue weighted by atomic mass is 19.1. The summed E-state index contributed by atoms with van der Waals surface area (Å²) in [7, 11) is 0. The fourth-order valence-corrected chi connectivity index (χ4v) is 2.39. The summed E-state index contributed by atoms with van der Waals surface area (Å²) in [6.07, 6.45) is 1.37. The molecule has 0 aliphatic rings. The first-order chi connectivity index (χ1) is 10.6. The van der Waals surface area contributed by atoms with Crippen molar-refractivity contribution in [1.29, 1.82) is 0 Å². The van der Waals surface area contributed by atoms with Gasteiger partial charge in [-0.15, -0.1) is 0 Å². The highest BCUT2D eigenvalue weighted by Crippen LogP contribution is 2.31. The van der Waals surface area contributed by atoms with Crippen LogP contribution < -0.4 is 0 Å². The second-order valence-corrected chi connectivity index (χ2v) is 4.84. The van der Waals surface area contributed by atoms with E-state index in [2.05, 4.69) is 4.99 Å². The van der Waals surface area contributed by atoms with Gasteiger partial charge < -0.3 is 5.11 Å². The van der Waals surface area contributed by atoms with Crippen LogP contribution in [-0.4, -0.2) is 21.8 Å². The van der Waals surface area contributed by atoms with Gasteiger partial charge in [0.05, 0.1) is 17.4 Å². The second-order valence-electron chi connectivity index (χ2n) is 4.84. The van der Waals surface area contributed by atoms with Crippen LogP contribution in [0.15, 0.2) is 53.5 Å². The van der Waals surface area contributed by atoms with Crippen molar-refractivity contribution in [3.05, 3.63) is 60.0 Å². The lowest BCUT2D eigenvalue weighted by atomic mass is 10.2. The molecule has 4 nitrogen and oxygen atoms in total. The number of aromatic hydroxyl groups is 1. The summed E-state index contributed by atoms with van der Waals surface area (Å²) in [6.45, 7) is 1.41. The number of rotatable bonds is 2. The van der Waals surface area contributed by atoms with E-state index >= 15 is 0 Å². The molecule has 110 valence electrons. The van der Waals surface area contributed by atoms with Crippen molar-refractivity contribution in [1.82, 2.24) is 4.57 Å². The molecule has 1 heterocycles. The molecule has 0 unspecified atom stereocenters. The largest absolute Gasteiger partial charge is 0.505 e. The Bertz CT molecular complexity index is 897. The van der Waals surface area contributed by atoms with Crippen molar-refractivity contribution < 1.29 is 14.3 Å². The number of nitrogens with zero attached hydrogens (tertiary/aromatic N) is 2. The lowest BCUT2D eigenvalue weighted by molar-refractivity contribution is 0.0940. The van der Waals surface area contributed by atoms with Crippen molar-refractivity contribution in [2.45, 2.75) is 6.92 Å². The smallest absolute Gasteiger partial charge is 0.228 e. The van der Waals surface area contributed by atoms with Gasteiger partial charge in [0.25, 0.3) is 0 Å². The zero-order chi connectivity index (χ0) is 15.7. The van der Waals surface area contributed by atoms with Gasteiger partial charge in [0.1, 0.15) is 11.5 Å². The van der Waals surface area contributed by atoms with Crippen LogP contribution in [0.4, 0.5) is 10.1 Å². The first-order valence-electron chi connectivity index (χ1n) is 6.71. The van der Waals surface area contributed by atoms with Crippen LogP contribution in [0.25, 0.3) is 10.9 Å². The predicted molar refractivity (Wildman–Crippen MR) is 83.6 cm³/mol. The number of fused-ring (bicyclic) bond motifs is 1. The SMILES string of the molecule is CC(=O)n1c(C=Nc2cccc(F)c2)c(O)c2ccccc21. The van der Waals surface area contributed by atoms with Gasteiger partial charge in [0, 0.05) is 12.3 Å². The van der Waals surface area contributed by atoms with Crippen molar-refractivity contribution in [3.63, 3.8) is 0 Å². The molecule has 1 N–H and O–H groups in total. The molecular weight excluding hydrogens is 283 g/mol. The maximum Gasteiger partial charge on any atom is 0.228 e. The zero-order valence-electron chi connectivity index (χ0n) is 11.8. The lowest BCUT2D eigenvalue weighted by Crippen LogP contribution is -2.08. The van der Waals surface area contributed by atoms with Crippen LogP contribution in [0.5, 0.6) is 5.75 Å². The van der Waals surface area contributed by atoms with Crippen LogP contribution in [0.2, 0.25) is 0 Å². The van der Waals surface area contributed by atoms with Gasteiger partial charge in [-0.3, -0.25) is 14.4 Å². The Labute approximate surface area is 126 Å². The van der Waals surface area contributed by atoms with E-state index in [0.29, 0.717) is 16.6 Å². The molecule has 0 fully saturated rings. The fraction of sp³-hybridized carbons (Fsp3) is 0.0588. The van der Waals surface area contributed by atoms with E-state index in [9.17, 15) is 14.3 Å². The molecule has 0 saturated heterocycles. The van der Waals surface area contributed by atoms with Crippen molar-refractivity contribution >= 4 is 28.7 Å². The number of aromatic nitrogens is 1. The number of carbonyl (C=O) groups is 1. The Morgan fingerprint density at radius 3 is 2.73 bits per heavy atom. The molecular formula is C17H13FN2O2. The summed E-state index contributed by atoms with van der Waals surface area (Å²) in [5.74, 6) is -0.658. The molecule has 22 heavy (non-hydrogen) atoms. The molecule has 0 aliphatic carbocycles. The normalized spacial score (nSPS) is 11.4. The monoisotopic (exact) mass is 296 g/mol. The third kappa shape index (κ3) is 2.37. The summed E-state index contributed by atoms with van der Waals surface area (Å²) in [5, 5.41) is 10.9. The quantitative estimate of drug-likeness (QED) is 0.729. The standard InChI is InChI=1S/C17H13FN2O2/c1-11(21)20-15-8-3-2-7-14(15)17(22)16(20)10-19-13-6-4-5-12(18)9-13/h2-10,22H,1H3. The number of hydrogen-bond donors (Lipinski definition) is 1. The minimum Gasteiger partial charge on any atom is -0.505 e. The maximum absolute atomic E-state index is 13.2. The molecule has 3 aromatic rings. The van der Waals surface area contributed by atoms with Crippen molar-refractivity contribution in [2.75, 3.05) is 0 Å². The minimum atomic E-state index is -0.397. The average molecular weight is 296 g/mol. The van der Waals surface area contributed by atoms with Gasteiger partial charge in [0.2, 0.25) is 5.91 Å². The second kappa shape index (κ2) is 5.44. The Kier molecular flexibility index (Phi) is 3.47. The highest BCUT2D eigenvalue weighted by molar-refractivity contribution is 6.04. The molecule has 0 bridgehead atoms. The molecule has 3 rings (SSSR count). The fourth-order valence-electron chi connectivity index (χ4n) is 2.39. The molecule has 0 aliphatic heterocycles. The topological polar surface area (TPSA) is 54.6 Å². The molecule has 0 radical (unpaired) electrons. The summed E-state index contributed by atoms with van der Waals surface area (Å²) >= 11 is 0. The first-order valence-corrected chi connectivity index (χ1v) is 6.71. The van der Waals surface area contributed by atoms with Crippen molar-refractivity contribution in [3.8, 4) is 5.75 Å². The van der Waals surface area contributed by atoms with Crippen LogP contribution in [-0.2, 0) is 0 Å². The highest BCUT2D eigenvalue weighted by Gasteiger charge is 2.17. The van der Waals surface area contributed by atoms with E-state index < -0.39 is 5.82 Å². The third-order valence-electron chi connectivity index (χ3n) is 3.34. The van der Waals surface area contributed by atoms with Crippen LogP contribution in [0.1, 0.15) is 17.4 Å². The van der Waals surface area contributed by atoms with Crippen LogP contribution >= 0.6 is 0 Å². The Hall–Kier alpha value is -2.95. The summed E-state index contributed by atoms with van der Waals surface area (Å²) in [5.41, 5.74) is 1.28. The molecule has 0 saturated carbocycles. The van der Waals surface area contributed by atoms with Gasteiger partial charge >= 0.3 is 0 Å². The third-order valence-corrected chi connectivity index (χ3v) is 3.34. The van der Waals surface area contributed by atoms with Gasteiger partial charge in [0.15, 0.2) is 5.75 Å².